The molecule has 22 heavy (non-hydrogen) atoms. The Labute approximate surface area is 127 Å². The Hall–Kier alpha value is -2.30. The quantitative estimate of drug-likeness (QED) is 0.807. The zero-order valence-corrected chi connectivity index (χ0v) is 12.0. The number of rotatable bonds is 3. The van der Waals surface area contributed by atoms with Gasteiger partial charge in [-0.15, -0.1) is 0 Å². The van der Waals surface area contributed by atoms with E-state index < -0.39 is 18.5 Å². The number of hydrogen-bond donors (Lipinski definition) is 0. The van der Waals surface area contributed by atoms with Gasteiger partial charge >= 0.3 is 6.55 Å². The summed E-state index contributed by atoms with van der Waals surface area (Å²) in [5.41, 5.74) is 2.06. The number of halogens is 2. The molecule has 0 aliphatic heterocycles. The number of carbonyl (C=O) groups excluding carboxylic acids is 1. The molecule has 0 spiro atoms. The maximum atomic E-state index is 13.6. The van der Waals surface area contributed by atoms with Crippen LogP contribution in [-0.4, -0.2) is 22.3 Å². The van der Waals surface area contributed by atoms with Gasteiger partial charge in [0.2, 0.25) is 0 Å². The number of fused-ring (bicyclic) bond motifs is 1. The highest BCUT2D eigenvalue weighted by Gasteiger charge is 2.35. The summed E-state index contributed by atoms with van der Waals surface area (Å²) in [6, 6.07) is 10.0. The maximum Gasteiger partial charge on any atom is 0.318 e. The Balaban J connectivity index is 1.98. The largest absolute Gasteiger partial charge is 0.318 e. The summed E-state index contributed by atoms with van der Waals surface area (Å²) in [5.74, 6) is -0.676. The molecule has 1 aromatic carbocycles. The van der Waals surface area contributed by atoms with E-state index in [2.05, 4.69) is 4.98 Å². The minimum Gasteiger partial charge on any atom is -0.275 e. The van der Waals surface area contributed by atoms with E-state index >= 15 is 0 Å². The van der Waals surface area contributed by atoms with Gasteiger partial charge in [0.1, 0.15) is 0 Å². The molecule has 0 fully saturated rings. The first-order valence-electron chi connectivity index (χ1n) is 7.27. The average molecular weight is 302 g/mol. The second-order valence-electron chi connectivity index (χ2n) is 5.34. The van der Waals surface area contributed by atoms with Crippen molar-refractivity contribution >= 4 is 5.91 Å². The van der Waals surface area contributed by atoms with Crippen molar-refractivity contribution in [3.63, 3.8) is 0 Å². The molecular formula is C17H16F2N2O. The molecule has 1 atom stereocenters. The van der Waals surface area contributed by atoms with Crippen LogP contribution < -0.4 is 0 Å². The van der Waals surface area contributed by atoms with Crippen LogP contribution in [-0.2, 0) is 6.42 Å². The van der Waals surface area contributed by atoms with Crippen molar-refractivity contribution in [3.8, 4) is 0 Å². The number of pyridine rings is 1. The van der Waals surface area contributed by atoms with Crippen molar-refractivity contribution in [1.82, 2.24) is 9.88 Å². The average Bonchev–Trinajstić information content (AvgIpc) is 2.56. The molecule has 1 aliphatic rings. The highest BCUT2D eigenvalue weighted by molar-refractivity contribution is 5.94. The van der Waals surface area contributed by atoms with Gasteiger partial charge in [0.05, 0.1) is 11.6 Å². The van der Waals surface area contributed by atoms with Crippen molar-refractivity contribution in [2.24, 2.45) is 0 Å². The lowest BCUT2D eigenvalue weighted by Gasteiger charge is -2.35. The lowest BCUT2D eigenvalue weighted by molar-refractivity contribution is -0.0392. The first-order chi connectivity index (χ1) is 10.7. The van der Waals surface area contributed by atoms with Crippen LogP contribution in [0.4, 0.5) is 8.78 Å². The van der Waals surface area contributed by atoms with Crippen LogP contribution in [0.15, 0.2) is 48.8 Å². The molecule has 1 unspecified atom stereocenters. The van der Waals surface area contributed by atoms with Crippen molar-refractivity contribution < 1.29 is 13.6 Å². The maximum absolute atomic E-state index is 13.6. The fourth-order valence-corrected chi connectivity index (χ4v) is 3.02. The summed E-state index contributed by atoms with van der Waals surface area (Å²) >= 11 is 0. The van der Waals surface area contributed by atoms with E-state index in [1.807, 2.05) is 24.3 Å². The fourth-order valence-electron chi connectivity index (χ4n) is 3.02. The van der Waals surface area contributed by atoms with Gasteiger partial charge in [-0.2, -0.15) is 8.78 Å². The first-order valence-corrected chi connectivity index (χ1v) is 7.27. The van der Waals surface area contributed by atoms with Crippen LogP contribution in [0.2, 0.25) is 0 Å². The molecule has 1 aromatic heterocycles. The van der Waals surface area contributed by atoms with E-state index in [-0.39, 0.29) is 5.56 Å². The van der Waals surface area contributed by atoms with Gasteiger partial charge in [-0.05, 0) is 42.5 Å². The summed E-state index contributed by atoms with van der Waals surface area (Å²) < 4.78 is 27.2. The standard InChI is InChI=1S/C17H16F2N2O/c18-17(19)21(16(22)13-7-4-10-20-11-13)15-9-3-6-12-5-1-2-8-14(12)15/h1-2,4-5,7-8,10-11,15,17H,3,6,9H2. The second-order valence-corrected chi connectivity index (χ2v) is 5.34. The van der Waals surface area contributed by atoms with Crippen LogP contribution in [0.3, 0.4) is 0 Å². The molecule has 2 aromatic rings. The van der Waals surface area contributed by atoms with E-state index in [4.69, 9.17) is 0 Å². The highest BCUT2D eigenvalue weighted by Crippen LogP contribution is 2.36. The lowest BCUT2D eigenvalue weighted by Crippen LogP contribution is -2.40. The minimum absolute atomic E-state index is 0.186. The molecule has 0 saturated heterocycles. The summed E-state index contributed by atoms with van der Waals surface area (Å²) in [4.78, 5) is 17.0. The summed E-state index contributed by atoms with van der Waals surface area (Å²) in [6.45, 7) is -2.84. The third-order valence-electron chi connectivity index (χ3n) is 4.03. The Morgan fingerprint density at radius 2 is 2.05 bits per heavy atom. The molecule has 1 aliphatic carbocycles. The van der Waals surface area contributed by atoms with Gasteiger partial charge in [0, 0.05) is 12.4 Å². The Morgan fingerprint density at radius 1 is 1.23 bits per heavy atom. The Morgan fingerprint density at radius 3 is 2.77 bits per heavy atom. The molecule has 3 rings (SSSR count). The fraction of sp³-hybridized carbons (Fsp3) is 0.294. The second kappa shape index (κ2) is 6.22. The number of hydrogen-bond acceptors (Lipinski definition) is 2. The number of benzene rings is 1. The van der Waals surface area contributed by atoms with E-state index in [1.165, 1.54) is 18.5 Å². The molecular weight excluding hydrogens is 286 g/mol. The number of carbonyl (C=O) groups is 1. The van der Waals surface area contributed by atoms with Crippen LogP contribution in [0, 0.1) is 0 Å². The van der Waals surface area contributed by atoms with Crippen LogP contribution in [0.25, 0.3) is 0 Å². The Kier molecular flexibility index (Phi) is 4.13. The van der Waals surface area contributed by atoms with Crippen molar-refractivity contribution in [3.05, 3.63) is 65.5 Å². The topological polar surface area (TPSA) is 33.2 Å². The van der Waals surface area contributed by atoms with Crippen LogP contribution in [0.5, 0.6) is 0 Å². The van der Waals surface area contributed by atoms with Gasteiger partial charge in [-0.3, -0.25) is 14.7 Å². The van der Waals surface area contributed by atoms with Gasteiger partial charge < -0.3 is 0 Å². The molecule has 3 nitrogen and oxygen atoms in total. The summed E-state index contributed by atoms with van der Waals surface area (Å²) in [5, 5.41) is 0. The number of aromatic nitrogens is 1. The van der Waals surface area contributed by atoms with Crippen molar-refractivity contribution in [2.45, 2.75) is 31.9 Å². The van der Waals surface area contributed by atoms with Gasteiger partial charge in [-0.25, -0.2) is 0 Å². The number of aryl methyl sites for hydroxylation is 1. The smallest absolute Gasteiger partial charge is 0.275 e. The van der Waals surface area contributed by atoms with Crippen LogP contribution >= 0.6 is 0 Å². The molecule has 0 bridgehead atoms. The molecule has 1 amide bonds. The molecule has 5 heteroatoms. The van der Waals surface area contributed by atoms with Gasteiger partial charge in [0.25, 0.3) is 5.91 Å². The third kappa shape index (κ3) is 2.71. The monoisotopic (exact) mass is 302 g/mol. The SMILES string of the molecule is O=C(c1cccnc1)N(C(F)F)C1CCCc2ccccc21. The number of nitrogens with zero attached hydrogens (tertiary/aromatic N) is 2. The highest BCUT2D eigenvalue weighted by atomic mass is 19.3. The zero-order chi connectivity index (χ0) is 15.5. The molecule has 0 radical (unpaired) electrons. The summed E-state index contributed by atoms with van der Waals surface area (Å²) in [7, 11) is 0. The van der Waals surface area contributed by atoms with Gasteiger partial charge in [0.15, 0.2) is 0 Å². The van der Waals surface area contributed by atoms with E-state index in [0.29, 0.717) is 11.3 Å². The van der Waals surface area contributed by atoms with Crippen molar-refractivity contribution in [2.75, 3.05) is 0 Å². The molecule has 0 saturated carbocycles. The van der Waals surface area contributed by atoms with Gasteiger partial charge in [-0.1, -0.05) is 24.3 Å². The lowest BCUT2D eigenvalue weighted by atomic mass is 9.86. The number of alkyl halides is 2. The van der Waals surface area contributed by atoms with Crippen LogP contribution in [0.1, 0.15) is 40.4 Å². The predicted molar refractivity (Wildman–Crippen MR) is 78.5 cm³/mol. The predicted octanol–water partition coefficient (Wildman–Crippen LogP) is 3.82. The van der Waals surface area contributed by atoms with Crippen molar-refractivity contribution in [1.29, 1.82) is 0 Å². The first kappa shape index (κ1) is 14.6. The third-order valence-corrected chi connectivity index (χ3v) is 4.03. The molecule has 0 N–H and O–H groups in total. The Bertz CT molecular complexity index is 661. The normalized spacial score (nSPS) is 17.1. The summed E-state index contributed by atoms with van der Waals surface area (Å²) in [6.07, 6.45) is 5.05. The van der Waals surface area contributed by atoms with E-state index in [9.17, 15) is 13.6 Å². The van der Waals surface area contributed by atoms with E-state index in [0.717, 1.165) is 24.0 Å². The number of amides is 1. The molecule has 1 heterocycles. The minimum atomic E-state index is -2.84. The van der Waals surface area contributed by atoms with E-state index in [1.54, 1.807) is 6.07 Å². The molecule has 114 valence electrons. The zero-order valence-electron chi connectivity index (χ0n) is 12.0.